The molecule has 0 aliphatic heterocycles. The molecule has 0 atom stereocenters. The zero-order valence-electron chi connectivity index (χ0n) is 15.2. The lowest BCUT2D eigenvalue weighted by atomic mass is 10.2. The van der Waals surface area contributed by atoms with Crippen LogP contribution in [0.1, 0.15) is 24.8 Å². The summed E-state index contributed by atoms with van der Waals surface area (Å²) in [5.41, 5.74) is 3.09. The number of aryl methyl sites for hydroxylation is 1. The van der Waals surface area contributed by atoms with Crippen molar-refractivity contribution in [2.75, 3.05) is 24.7 Å². The average molecular weight is 375 g/mol. The molecule has 6 heteroatoms. The first-order valence-corrected chi connectivity index (χ1v) is 9.76. The molecule has 0 amide bonds. The maximum atomic E-state index is 10.5. The van der Waals surface area contributed by atoms with Crippen molar-refractivity contribution in [2.45, 2.75) is 26.7 Å². The minimum absolute atomic E-state index is 0.143. The summed E-state index contributed by atoms with van der Waals surface area (Å²) in [7, 11) is 0. The van der Waals surface area contributed by atoms with Crippen LogP contribution in [0, 0.1) is 6.92 Å². The highest BCUT2D eigenvalue weighted by Crippen LogP contribution is 2.21. The number of aromatic nitrogens is 1. The third-order valence-corrected chi connectivity index (χ3v) is 4.82. The minimum Gasteiger partial charge on any atom is -0.481 e. The fourth-order valence-electron chi connectivity index (χ4n) is 2.38. The molecule has 0 aliphatic rings. The summed E-state index contributed by atoms with van der Waals surface area (Å²) < 4.78 is 11.4. The molecule has 1 heterocycles. The van der Waals surface area contributed by atoms with Crippen LogP contribution < -0.4 is 0 Å². The van der Waals surface area contributed by atoms with Gasteiger partial charge in [0.05, 0.1) is 24.7 Å². The Morgan fingerprint density at radius 1 is 1.27 bits per heavy atom. The van der Waals surface area contributed by atoms with Gasteiger partial charge in [-0.3, -0.25) is 4.79 Å². The number of carboxylic acids is 1. The lowest BCUT2D eigenvalue weighted by Crippen LogP contribution is -2.02. The van der Waals surface area contributed by atoms with Gasteiger partial charge in [-0.15, -0.1) is 11.8 Å². The Hall–Kier alpha value is -2.05. The van der Waals surface area contributed by atoms with Gasteiger partial charge in [0.15, 0.2) is 0 Å². The second kappa shape index (κ2) is 10.8. The molecular weight excluding hydrogens is 350 g/mol. The Morgan fingerprint density at radius 2 is 2.04 bits per heavy atom. The second-order valence-corrected chi connectivity index (χ2v) is 6.96. The number of thioether (sulfide) groups is 1. The molecule has 0 bridgehead atoms. The zero-order valence-corrected chi connectivity index (χ0v) is 16.1. The van der Waals surface area contributed by atoms with Crippen molar-refractivity contribution in [3.8, 4) is 11.5 Å². The molecule has 26 heavy (non-hydrogen) atoms. The van der Waals surface area contributed by atoms with Crippen molar-refractivity contribution >= 4 is 17.7 Å². The van der Waals surface area contributed by atoms with E-state index in [4.69, 9.17) is 14.3 Å². The first-order valence-electron chi connectivity index (χ1n) is 8.61. The van der Waals surface area contributed by atoms with Crippen LogP contribution in [-0.2, 0) is 16.0 Å². The summed E-state index contributed by atoms with van der Waals surface area (Å²) in [5, 5.41) is 8.61. The maximum Gasteiger partial charge on any atom is 0.313 e. The van der Waals surface area contributed by atoms with Crippen molar-refractivity contribution in [1.29, 1.82) is 0 Å². The largest absolute Gasteiger partial charge is 0.481 e. The fourth-order valence-corrected chi connectivity index (χ4v) is 3.10. The second-order valence-electron chi connectivity index (χ2n) is 5.98. The number of carboxylic acid groups (broad SMARTS) is 1. The summed E-state index contributed by atoms with van der Waals surface area (Å²) in [4.78, 5) is 15.0. The number of hydrogen-bond acceptors (Lipinski definition) is 5. The molecule has 0 aliphatic carbocycles. The predicted octanol–water partition coefficient (Wildman–Crippen LogP) is 4.36. The third-order valence-electron chi connectivity index (χ3n) is 3.71. The molecule has 140 valence electrons. The number of carbonyl (C=O) groups is 1. The van der Waals surface area contributed by atoms with Gasteiger partial charge in [0.25, 0.3) is 0 Å². The van der Waals surface area contributed by atoms with Crippen LogP contribution in [0.4, 0.5) is 0 Å². The van der Waals surface area contributed by atoms with E-state index >= 15 is 0 Å². The number of aliphatic carboxylic acids is 1. The first kappa shape index (κ1) is 20.3. The lowest BCUT2D eigenvalue weighted by molar-refractivity contribution is -0.133. The van der Waals surface area contributed by atoms with Crippen LogP contribution in [-0.4, -0.2) is 40.8 Å². The van der Waals surface area contributed by atoms with Gasteiger partial charge in [-0.2, -0.15) is 0 Å². The molecule has 1 aromatic carbocycles. The highest BCUT2D eigenvalue weighted by molar-refractivity contribution is 8.00. The van der Waals surface area contributed by atoms with Crippen molar-refractivity contribution in [3.05, 3.63) is 53.4 Å². The SMILES string of the molecule is C/C(=C\CCOCCc1nc(-c2ccccc2)oc1C)CSCC(=O)O. The number of ether oxygens (including phenoxy) is 1. The summed E-state index contributed by atoms with van der Waals surface area (Å²) in [5.74, 6) is 1.59. The molecule has 1 aromatic heterocycles. The van der Waals surface area contributed by atoms with Gasteiger partial charge in [-0.25, -0.2) is 4.98 Å². The summed E-state index contributed by atoms with van der Waals surface area (Å²) in [6, 6.07) is 9.86. The highest BCUT2D eigenvalue weighted by Gasteiger charge is 2.10. The van der Waals surface area contributed by atoms with E-state index in [9.17, 15) is 4.79 Å². The Bertz CT molecular complexity index is 725. The number of rotatable bonds is 11. The topological polar surface area (TPSA) is 72.6 Å². The van der Waals surface area contributed by atoms with Crippen LogP contribution >= 0.6 is 11.8 Å². The van der Waals surface area contributed by atoms with Crippen LogP contribution in [0.3, 0.4) is 0 Å². The standard InChI is InChI=1S/C20H25NO4S/c1-15(13-26-14-19(22)23)7-6-11-24-12-10-18-16(2)25-20(21-18)17-8-4-3-5-9-17/h3-5,7-9H,6,10-14H2,1-2H3,(H,22,23)/b15-7+. The minimum atomic E-state index is -0.773. The van der Waals surface area contributed by atoms with Gasteiger partial charge < -0.3 is 14.3 Å². The van der Waals surface area contributed by atoms with E-state index in [2.05, 4.69) is 11.1 Å². The maximum absolute atomic E-state index is 10.5. The molecule has 0 radical (unpaired) electrons. The summed E-state index contributed by atoms with van der Waals surface area (Å²) >= 11 is 1.41. The molecule has 0 spiro atoms. The first-order chi connectivity index (χ1) is 12.6. The van der Waals surface area contributed by atoms with Crippen molar-refractivity contribution < 1.29 is 19.1 Å². The van der Waals surface area contributed by atoms with Crippen LogP contribution in [0.5, 0.6) is 0 Å². The van der Waals surface area contributed by atoms with E-state index in [0.717, 1.165) is 35.6 Å². The van der Waals surface area contributed by atoms with Crippen LogP contribution in [0.2, 0.25) is 0 Å². The van der Waals surface area contributed by atoms with Crippen LogP contribution in [0.25, 0.3) is 11.5 Å². The highest BCUT2D eigenvalue weighted by atomic mass is 32.2. The van der Waals surface area contributed by atoms with E-state index in [1.807, 2.05) is 44.2 Å². The summed E-state index contributed by atoms with van der Waals surface area (Å²) in [6.07, 6.45) is 3.65. The Labute approximate surface area is 158 Å². The molecular formula is C20H25NO4S. The lowest BCUT2D eigenvalue weighted by Gasteiger charge is -2.02. The molecule has 1 N–H and O–H groups in total. The smallest absolute Gasteiger partial charge is 0.313 e. The molecule has 5 nitrogen and oxygen atoms in total. The number of benzene rings is 1. The van der Waals surface area contributed by atoms with Gasteiger partial charge in [-0.05, 0) is 32.4 Å². The Morgan fingerprint density at radius 3 is 2.77 bits per heavy atom. The Balaban J connectivity index is 1.67. The van der Waals surface area contributed by atoms with Gasteiger partial charge in [0, 0.05) is 17.7 Å². The molecule has 2 rings (SSSR count). The predicted molar refractivity (Wildman–Crippen MR) is 105 cm³/mol. The molecule has 0 saturated heterocycles. The van der Waals surface area contributed by atoms with E-state index in [1.165, 1.54) is 17.3 Å². The number of oxazole rings is 1. The third kappa shape index (κ3) is 7.06. The van der Waals surface area contributed by atoms with Gasteiger partial charge in [0.2, 0.25) is 5.89 Å². The number of nitrogens with zero attached hydrogens (tertiary/aromatic N) is 1. The van der Waals surface area contributed by atoms with E-state index < -0.39 is 5.97 Å². The fraction of sp³-hybridized carbons (Fsp3) is 0.400. The normalized spacial score (nSPS) is 11.7. The van der Waals surface area contributed by atoms with E-state index in [-0.39, 0.29) is 5.75 Å². The zero-order chi connectivity index (χ0) is 18.8. The monoisotopic (exact) mass is 375 g/mol. The average Bonchev–Trinajstić information content (AvgIpc) is 2.99. The van der Waals surface area contributed by atoms with Gasteiger partial charge in [0.1, 0.15) is 5.76 Å². The van der Waals surface area contributed by atoms with E-state index in [0.29, 0.717) is 19.1 Å². The number of hydrogen-bond donors (Lipinski definition) is 1. The quantitative estimate of drug-likeness (QED) is 0.465. The van der Waals surface area contributed by atoms with Crippen LogP contribution in [0.15, 0.2) is 46.4 Å². The molecule has 2 aromatic rings. The molecule has 0 fully saturated rings. The summed E-state index contributed by atoms with van der Waals surface area (Å²) in [6.45, 7) is 5.18. The van der Waals surface area contributed by atoms with Crippen molar-refractivity contribution in [1.82, 2.24) is 4.98 Å². The van der Waals surface area contributed by atoms with Gasteiger partial charge in [-0.1, -0.05) is 29.8 Å². The van der Waals surface area contributed by atoms with Crippen molar-refractivity contribution in [3.63, 3.8) is 0 Å². The van der Waals surface area contributed by atoms with Crippen molar-refractivity contribution in [2.24, 2.45) is 0 Å². The van der Waals surface area contributed by atoms with E-state index in [1.54, 1.807) is 0 Å². The Kier molecular flexibility index (Phi) is 8.44. The molecule has 0 saturated carbocycles. The molecule has 0 unspecified atom stereocenters. The van der Waals surface area contributed by atoms with Gasteiger partial charge >= 0.3 is 5.97 Å².